The van der Waals surface area contributed by atoms with Gasteiger partial charge in [0, 0.05) is 25.3 Å². The van der Waals surface area contributed by atoms with Crippen molar-refractivity contribution in [1.29, 1.82) is 0 Å². The summed E-state index contributed by atoms with van der Waals surface area (Å²) in [4.78, 5) is 25.4. The molecule has 2 aromatic carbocycles. The summed E-state index contributed by atoms with van der Waals surface area (Å²) in [6, 6.07) is 13.2. The normalized spacial score (nSPS) is 12.1. The number of imidazole rings is 1. The number of amides is 1. The lowest BCUT2D eigenvalue weighted by atomic mass is 10.3. The van der Waals surface area contributed by atoms with Crippen molar-refractivity contribution in [2.45, 2.75) is 44.8 Å². The van der Waals surface area contributed by atoms with E-state index in [0.29, 0.717) is 17.7 Å². The third-order valence-electron chi connectivity index (χ3n) is 5.09. The number of fused-ring (bicyclic) bond motifs is 1. The number of rotatable bonds is 7. The van der Waals surface area contributed by atoms with Crippen molar-refractivity contribution in [2.75, 3.05) is 12.4 Å². The van der Waals surface area contributed by atoms with Gasteiger partial charge in [-0.3, -0.25) is 13.9 Å². The van der Waals surface area contributed by atoms with Crippen LogP contribution in [-0.2, 0) is 27.9 Å². The SMILES string of the molecule is CCn1c(=O)n(CC(=O)Nc2ccc(S(=O)(=O)N(C)C(C)C)cc2)c2ccccc21. The summed E-state index contributed by atoms with van der Waals surface area (Å²) in [6.45, 7) is 5.84. The van der Waals surface area contributed by atoms with Crippen LogP contribution in [0, 0.1) is 0 Å². The first-order chi connectivity index (χ1) is 14.2. The van der Waals surface area contributed by atoms with Gasteiger partial charge in [0.15, 0.2) is 0 Å². The molecule has 0 aliphatic rings. The van der Waals surface area contributed by atoms with E-state index in [9.17, 15) is 18.0 Å². The second-order valence-electron chi connectivity index (χ2n) is 7.29. The summed E-state index contributed by atoms with van der Waals surface area (Å²) in [5.41, 5.74) is 1.68. The highest BCUT2D eigenvalue weighted by Gasteiger charge is 2.23. The maximum absolute atomic E-state index is 12.7. The third-order valence-corrected chi connectivity index (χ3v) is 7.13. The number of aryl methyl sites for hydroxylation is 1. The van der Waals surface area contributed by atoms with Gasteiger partial charge in [0.1, 0.15) is 6.54 Å². The smallest absolute Gasteiger partial charge is 0.325 e. The number of aromatic nitrogens is 2. The molecular formula is C21H26N4O4S. The Hall–Kier alpha value is -2.91. The number of nitrogens with zero attached hydrogens (tertiary/aromatic N) is 3. The molecule has 1 aromatic heterocycles. The predicted molar refractivity (Wildman–Crippen MR) is 117 cm³/mol. The van der Waals surface area contributed by atoms with E-state index in [1.165, 1.54) is 40.2 Å². The average Bonchev–Trinajstić information content (AvgIpc) is 2.98. The molecule has 0 bridgehead atoms. The molecule has 0 unspecified atom stereocenters. The number of carbonyl (C=O) groups excluding carboxylic acids is 1. The summed E-state index contributed by atoms with van der Waals surface area (Å²) >= 11 is 0. The molecule has 0 aliphatic carbocycles. The van der Waals surface area contributed by atoms with Crippen molar-refractivity contribution in [1.82, 2.24) is 13.4 Å². The average molecular weight is 431 g/mol. The van der Waals surface area contributed by atoms with Crippen molar-refractivity contribution in [2.24, 2.45) is 0 Å². The molecule has 0 spiro atoms. The maximum Gasteiger partial charge on any atom is 0.329 e. The van der Waals surface area contributed by atoms with E-state index in [0.717, 1.165) is 5.52 Å². The van der Waals surface area contributed by atoms with E-state index in [1.807, 2.05) is 25.1 Å². The summed E-state index contributed by atoms with van der Waals surface area (Å²) in [5.74, 6) is -0.369. The fraction of sp³-hybridized carbons (Fsp3) is 0.333. The van der Waals surface area contributed by atoms with Crippen LogP contribution in [0.3, 0.4) is 0 Å². The molecule has 0 atom stereocenters. The fourth-order valence-corrected chi connectivity index (χ4v) is 4.60. The van der Waals surface area contributed by atoms with Gasteiger partial charge >= 0.3 is 5.69 Å². The summed E-state index contributed by atoms with van der Waals surface area (Å²) in [5, 5.41) is 2.72. The van der Waals surface area contributed by atoms with Gasteiger partial charge in [0.25, 0.3) is 0 Å². The lowest BCUT2D eigenvalue weighted by Gasteiger charge is -2.21. The molecule has 0 aliphatic heterocycles. The Bertz CT molecular complexity index is 1220. The van der Waals surface area contributed by atoms with Gasteiger partial charge in [-0.1, -0.05) is 12.1 Å². The molecule has 1 heterocycles. The van der Waals surface area contributed by atoms with E-state index in [1.54, 1.807) is 24.5 Å². The zero-order valence-electron chi connectivity index (χ0n) is 17.5. The van der Waals surface area contributed by atoms with Crippen LogP contribution in [0.4, 0.5) is 5.69 Å². The maximum atomic E-state index is 12.7. The Morgan fingerprint density at radius 2 is 1.60 bits per heavy atom. The minimum atomic E-state index is -3.59. The Morgan fingerprint density at radius 3 is 2.13 bits per heavy atom. The number of benzene rings is 2. The number of anilines is 1. The van der Waals surface area contributed by atoms with E-state index in [4.69, 9.17) is 0 Å². The monoisotopic (exact) mass is 430 g/mol. The highest BCUT2D eigenvalue weighted by molar-refractivity contribution is 7.89. The van der Waals surface area contributed by atoms with Crippen molar-refractivity contribution in [3.63, 3.8) is 0 Å². The lowest BCUT2D eigenvalue weighted by molar-refractivity contribution is -0.116. The van der Waals surface area contributed by atoms with Crippen LogP contribution in [0.1, 0.15) is 20.8 Å². The number of carbonyl (C=O) groups is 1. The second-order valence-corrected chi connectivity index (χ2v) is 9.29. The molecule has 3 rings (SSSR count). The Kier molecular flexibility index (Phi) is 6.14. The van der Waals surface area contributed by atoms with Crippen molar-refractivity contribution in [3.05, 3.63) is 59.0 Å². The minimum Gasteiger partial charge on any atom is -0.325 e. The van der Waals surface area contributed by atoms with E-state index >= 15 is 0 Å². The van der Waals surface area contributed by atoms with Crippen LogP contribution in [0.25, 0.3) is 11.0 Å². The quantitative estimate of drug-likeness (QED) is 0.623. The number of hydrogen-bond acceptors (Lipinski definition) is 4. The molecule has 30 heavy (non-hydrogen) atoms. The van der Waals surface area contributed by atoms with E-state index < -0.39 is 10.0 Å². The summed E-state index contributed by atoms with van der Waals surface area (Å²) in [7, 11) is -2.06. The molecule has 0 saturated heterocycles. The summed E-state index contributed by atoms with van der Waals surface area (Å²) < 4.78 is 29.4. The molecule has 0 radical (unpaired) electrons. The predicted octanol–water partition coefficient (Wildman–Crippen LogP) is 2.49. The molecule has 1 N–H and O–H groups in total. The molecule has 0 fully saturated rings. The van der Waals surface area contributed by atoms with Crippen molar-refractivity contribution in [3.8, 4) is 0 Å². The van der Waals surface area contributed by atoms with Gasteiger partial charge in [-0.15, -0.1) is 0 Å². The fourth-order valence-electron chi connectivity index (χ4n) is 3.23. The number of hydrogen-bond donors (Lipinski definition) is 1. The Balaban J connectivity index is 1.79. The number of para-hydroxylation sites is 2. The third kappa shape index (κ3) is 4.03. The Morgan fingerprint density at radius 1 is 1.03 bits per heavy atom. The largest absolute Gasteiger partial charge is 0.329 e. The standard InChI is InChI=1S/C21H26N4O4S/c1-5-24-18-8-6-7-9-19(18)25(21(24)27)14-20(26)22-16-10-12-17(13-11-16)30(28,29)23(4)15(2)3/h6-13,15H,5,14H2,1-4H3,(H,22,26). The molecule has 8 nitrogen and oxygen atoms in total. The highest BCUT2D eigenvalue weighted by Crippen LogP contribution is 2.19. The van der Waals surface area contributed by atoms with Gasteiger partial charge in [-0.2, -0.15) is 4.31 Å². The first kappa shape index (κ1) is 21.8. The number of sulfonamides is 1. The van der Waals surface area contributed by atoms with Crippen LogP contribution in [0.5, 0.6) is 0 Å². The molecular weight excluding hydrogens is 404 g/mol. The van der Waals surface area contributed by atoms with Crippen LogP contribution in [0.2, 0.25) is 0 Å². The van der Waals surface area contributed by atoms with Crippen molar-refractivity contribution < 1.29 is 13.2 Å². The van der Waals surface area contributed by atoms with Gasteiger partial charge in [0.05, 0.1) is 15.9 Å². The first-order valence-electron chi connectivity index (χ1n) is 9.72. The van der Waals surface area contributed by atoms with Gasteiger partial charge in [0.2, 0.25) is 15.9 Å². The zero-order valence-corrected chi connectivity index (χ0v) is 18.3. The van der Waals surface area contributed by atoms with Crippen LogP contribution < -0.4 is 11.0 Å². The molecule has 3 aromatic rings. The Labute approximate surface area is 175 Å². The van der Waals surface area contributed by atoms with Crippen LogP contribution in [-0.4, -0.2) is 40.9 Å². The van der Waals surface area contributed by atoms with E-state index in [2.05, 4.69) is 5.32 Å². The molecule has 160 valence electrons. The van der Waals surface area contributed by atoms with Crippen LogP contribution >= 0.6 is 0 Å². The molecule has 0 saturated carbocycles. The topological polar surface area (TPSA) is 93.4 Å². The molecule has 1 amide bonds. The van der Waals surface area contributed by atoms with Gasteiger partial charge < -0.3 is 5.32 Å². The van der Waals surface area contributed by atoms with E-state index in [-0.39, 0.29) is 29.1 Å². The zero-order chi connectivity index (χ0) is 22.1. The van der Waals surface area contributed by atoms with Crippen molar-refractivity contribution >= 4 is 32.7 Å². The lowest BCUT2D eigenvalue weighted by Crippen LogP contribution is -2.33. The van der Waals surface area contributed by atoms with Crippen LogP contribution in [0.15, 0.2) is 58.2 Å². The summed E-state index contributed by atoms with van der Waals surface area (Å²) in [6.07, 6.45) is 0. The highest BCUT2D eigenvalue weighted by atomic mass is 32.2. The second kappa shape index (κ2) is 8.45. The minimum absolute atomic E-state index is 0.136. The van der Waals surface area contributed by atoms with Gasteiger partial charge in [-0.05, 0) is 57.2 Å². The van der Waals surface area contributed by atoms with Gasteiger partial charge in [-0.25, -0.2) is 13.2 Å². The molecule has 9 heteroatoms. The first-order valence-corrected chi connectivity index (χ1v) is 11.2. The number of nitrogens with one attached hydrogen (secondary N) is 1.